The van der Waals surface area contributed by atoms with Gasteiger partial charge in [0.15, 0.2) is 0 Å². The molecule has 0 spiro atoms. The summed E-state index contributed by atoms with van der Waals surface area (Å²) in [6.07, 6.45) is 7.82. The molecule has 0 saturated heterocycles. The van der Waals surface area contributed by atoms with Crippen molar-refractivity contribution in [2.45, 2.75) is 60.2 Å². The Morgan fingerprint density at radius 3 is 1.46 bits per heavy atom. The van der Waals surface area contributed by atoms with Crippen molar-refractivity contribution in [3.8, 4) is 11.5 Å². The number of esters is 2. The first-order chi connectivity index (χ1) is 18.5. The van der Waals surface area contributed by atoms with Crippen LogP contribution in [0.25, 0.3) is 12.2 Å². The number of allylic oxidation sites excluding steroid dienone is 2. The molecule has 2 unspecified atom stereocenters. The third kappa shape index (κ3) is 10.3. The standard InChI is InChI=1S/C33H40O6/c1-9-11-28-18-26(13-15-30(28)36-20-24(7)38-32(34)22(3)4)17-27-14-16-31(29(19-27)12-10-2)37-21-25(8)39-33(35)23(5)6/h9-16,18-19,24-25H,3,5,17,20-21H2,1-2,4,6-8H3. The number of carbonyl (C=O) groups excluding carboxylic acids is 2. The molecule has 2 rings (SSSR count). The van der Waals surface area contributed by atoms with Gasteiger partial charge in [-0.25, -0.2) is 9.59 Å². The summed E-state index contributed by atoms with van der Waals surface area (Å²) in [5.41, 5.74) is 4.85. The number of ether oxygens (including phenoxy) is 4. The highest BCUT2D eigenvalue weighted by atomic mass is 16.6. The minimum Gasteiger partial charge on any atom is -0.489 e. The van der Waals surface area contributed by atoms with E-state index < -0.39 is 24.1 Å². The molecule has 2 aromatic carbocycles. The Morgan fingerprint density at radius 2 is 1.13 bits per heavy atom. The van der Waals surface area contributed by atoms with Gasteiger partial charge in [-0.2, -0.15) is 0 Å². The summed E-state index contributed by atoms with van der Waals surface area (Å²) in [7, 11) is 0. The maximum absolute atomic E-state index is 11.7. The molecule has 0 fully saturated rings. The van der Waals surface area contributed by atoms with Crippen molar-refractivity contribution >= 4 is 24.1 Å². The van der Waals surface area contributed by atoms with E-state index in [1.54, 1.807) is 27.7 Å². The summed E-state index contributed by atoms with van der Waals surface area (Å²) in [5.74, 6) is 0.582. The van der Waals surface area contributed by atoms with E-state index in [1.807, 2.05) is 62.4 Å². The summed E-state index contributed by atoms with van der Waals surface area (Å²) in [5, 5.41) is 0. The molecule has 0 aliphatic heterocycles. The van der Waals surface area contributed by atoms with Crippen LogP contribution in [0.2, 0.25) is 0 Å². The van der Waals surface area contributed by atoms with Gasteiger partial charge in [-0.15, -0.1) is 0 Å². The van der Waals surface area contributed by atoms with Crippen LogP contribution < -0.4 is 9.47 Å². The van der Waals surface area contributed by atoms with Crippen LogP contribution >= 0.6 is 0 Å². The molecular formula is C33H40O6. The van der Waals surface area contributed by atoms with E-state index >= 15 is 0 Å². The summed E-state index contributed by atoms with van der Waals surface area (Å²) in [6.45, 7) is 18.4. The second-order valence-electron chi connectivity index (χ2n) is 9.54. The van der Waals surface area contributed by atoms with Gasteiger partial charge in [0, 0.05) is 22.3 Å². The predicted octanol–water partition coefficient (Wildman–Crippen LogP) is 7.12. The zero-order valence-corrected chi connectivity index (χ0v) is 23.9. The largest absolute Gasteiger partial charge is 0.489 e. The Morgan fingerprint density at radius 1 is 0.744 bits per heavy atom. The van der Waals surface area contributed by atoms with Gasteiger partial charge in [-0.05, 0) is 83.4 Å². The van der Waals surface area contributed by atoms with Gasteiger partial charge < -0.3 is 18.9 Å². The second-order valence-corrected chi connectivity index (χ2v) is 9.54. The van der Waals surface area contributed by atoms with E-state index in [0.717, 1.165) is 40.2 Å². The third-order valence-electron chi connectivity index (χ3n) is 5.51. The number of carbonyl (C=O) groups is 2. The normalized spacial score (nSPS) is 12.7. The molecule has 0 amide bonds. The number of hydrogen-bond donors (Lipinski definition) is 0. The SMILES string of the molecule is C=C(C)C(=O)OC(C)COc1ccc(Cc2ccc(OCC(C)OC(=O)C(=C)C)c(C=CC)c2)cc1C=CC. The molecule has 0 bridgehead atoms. The van der Waals surface area contributed by atoms with E-state index in [1.165, 1.54) is 0 Å². The number of rotatable bonds is 14. The minimum absolute atomic E-state index is 0.238. The lowest BCUT2D eigenvalue weighted by atomic mass is 9.99. The zero-order chi connectivity index (χ0) is 28.9. The van der Waals surface area contributed by atoms with Crippen LogP contribution in [0.1, 0.15) is 63.8 Å². The highest BCUT2D eigenvalue weighted by Gasteiger charge is 2.14. The first kappa shape index (κ1) is 31.2. The average molecular weight is 533 g/mol. The van der Waals surface area contributed by atoms with Crippen molar-refractivity contribution in [2.24, 2.45) is 0 Å². The lowest BCUT2D eigenvalue weighted by Crippen LogP contribution is -2.22. The van der Waals surface area contributed by atoms with E-state index in [0.29, 0.717) is 11.1 Å². The van der Waals surface area contributed by atoms with Gasteiger partial charge in [-0.1, -0.05) is 49.6 Å². The fourth-order valence-electron chi connectivity index (χ4n) is 3.58. The van der Waals surface area contributed by atoms with Crippen LogP contribution in [0.15, 0.2) is 72.9 Å². The van der Waals surface area contributed by atoms with Crippen molar-refractivity contribution in [1.82, 2.24) is 0 Å². The Hall–Kier alpha value is -4.06. The minimum atomic E-state index is -0.426. The molecule has 208 valence electrons. The van der Waals surface area contributed by atoms with Gasteiger partial charge in [0.2, 0.25) is 0 Å². The molecule has 0 heterocycles. The summed E-state index contributed by atoms with van der Waals surface area (Å²) >= 11 is 0. The van der Waals surface area contributed by atoms with Gasteiger partial charge in [0.05, 0.1) is 0 Å². The first-order valence-electron chi connectivity index (χ1n) is 13.0. The summed E-state index contributed by atoms with van der Waals surface area (Å²) < 4.78 is 22.6. The molecule has 0 N–H and O–H groups in total. The fraction of sp³-hybridized carbons (Fsp3) is 0.333. The second kappa shape index (κ2) is 15.4. The Kier molecular flexibility index (Phi) is 12.3. The van der Waals surface area contributed by atoms with Crippen molar-refractivity contribution in [3.63, 3.8) is 0 Å². The smallest absolute Gasteiger partial charge is 0.333 e. The Bertz CT molecular complexity index is 1140. The van der Waals surface area contributed by atoms with Crippen molar-refractivity contribution in [3.05, 3.63) is 95.1 Å². The summed E-state index contributed by atoms with van der Waals surface area (Å²) in [4.78, 5) is 23.5. The van der Waals surface area contributed by atoms with Crippen LogP contribution in [-0.4, -0.2) is 37.4 Å². The van der Waals surface area contributed by atoms with E-state index in [-0.39, 0.29) is 13.2 Å². The highest BCUT2D eigenvalue weighted by molar-refractivity contribution is 5.87. The Labute approximate surface area is 232 Å². The maximum Gasteiger partial charge on any atom is 0.333 e. The molecule has 2 atom stereocenters. The molecule has 0 saturated carbocycles. The number of benzene rings is 2. The average Bonchev–Trinajstić information content (AvgIpc) is 2.88. The molecule has 39 heavy (non-hydrogen) atoms. The van der Waals surface area contributed by atoms with Crippen LogP contribution in [0.4, 0.5) is 0 Å². The van der Waals surface area contributed by atoms with Crippen LogP contribution in [0, 0.1) is 0 Å². The molecule has 0 aliphatic carbocycles. The molecule has 0 aromatic heterocycles. The monoisotopic (exact) mass is 532 g/mol. The zero-order valence-electron chi connectivity index (χ0n) is 23.9. The van der Waals surface area contributed by atoms with Crippen molar-refractivity contribution in [1.29, 1.82) is 0 Å². The quantitative estimate of drug-likeness (QED) is 0.191. The molecule has 0 radical (unpaired) electrons. The molecular weight excluding hydrogens is 492 g/mol. The highest BCUT2D eigenvalue weighted by Crippen LogP contribution is 2.27. The molecule has 6 heteroatoms. The van der Waals surface area contributed by atoms with E-state index in [2.05, 4.69) is 25.3 Å². The maximum atomic E-state index is 11.7. The molecule has 0 aliphatic rings. The van der Waals surface area contributed by atoms with Crippen LogP contribution in [0.3, 0.4) is 0 Å². The van der Waals surface area contributed by atoms with Crippen molar-refractivity contribution in [2.75, 3.05) is 13.2 Å². The summed E-state index contributed by atoms with van der Waals surface area (Å²) in [6, 6.07) is 12.1. The Balaban J connectivity index is 2.13. The molecule has 6 nitrogen and oxygen atoms in total. The van der Waals surface area contributed by atoms with Gasteiger partial charge in [0.25, 0.3) is 0 Å². The van der Waals surface area contributed by atoms with Crippen LogP contribution in [0.5, 0.6) is 11.5 Å². The predicted molar refractivity (Wildman–Crippen MR) is 157 cm³/mol. The van der Waals surface area contributed by atoms with Gasteiger partial charge >= 0.3 is 11.9 Å². The first-order valence-corrected chi connectivity index (χ1v) is 13.0. The lowest BCUT2D eigenvalue weighted by Gasteiger charge is -2.17. The lowest BCUT2D eigenvalue weighted by molar-refractivity contribution is -0.145. The third-order valence-corrected chi connectivity index (χ3v) is 5.51. The topological polar surface area (TPSA) is 71.1 Å². The number of hydrogen-bond acceptors (Lipinski definition) is 6. The molecule has 2 aromatic rings. The van der Waals surface area contributed by atoms with E-state index in [4.69, 9.17) is 18.9 Å². The van der Waals surface area contributed by atoms with Crippen molar-refractivity contribution < 1.29 is 28.5 Å². The van der Waals surface area contributed by atoms with Gasteiger partial charge in [0.1, 0.15) is 36.9 Å². The van der Waals surface area contributed by atoms with Crippen LogP contribution in [-0.2, 0) is 25.5 Å². The van der Waals surface area contributed by atoms with E-state index in [9.17, 15) is 9.59 Å². The fourth-order valence-corrected chi connectivity index (χ4v) is 3.58. The van der Waals surface area contributed by atoms with Gasteiger partial charge in [-0.3, -0.25) is 0 Å².